The number of hydrogen-bond acceptors (Lipinski definition) is 11. The van der Waals surface area contributed by atoms with Gasteiger partial charge in [0.15, 0.2) is 17.6 Å². The summed E-state index contributed by atoms with van der Waals surface area (Å²) in [6, 6.07) is 2.20. The van der Waals surface area contributed by atoms with Crippen LogP contribution in [0.4, 0.5) is 4.79 Å². The molecule has 0 radical (unpaired) electrons. The van der Waals surface area contributed by atoms with Crippen molar-refractivity contribution in [3.8, 4) is 5.75 Å². The van der Waals surface area contributed by atoms with Crippen molar-refractivity contribution in [2.45, 2.75) is 69.1 Å². The lowest BCUT2D eigenvalue weighted by atomic mass is 9.79. The van der Waals surface area contributed by atoms with Gasteiger partial charge in [0, 0.05) is 31.7 Å². The molecule has 1 unspecified atom stereocenters. The fourth-order valence-electron chi connectivity index (χ4n) is 6.25. The first-order chi connectivity index (χ1) is 18.9. The Morgan fingerprint density at radius 2 is 1.95 bits per heavy atom. The van der Waals surface area contributed by atoms with E-state index < -0.39 is 35.5 Å². The second kappa shape index (κ2) is 9.70. The topological polar surface area (TPSA) is 203 Å². The number of nitrogens with two attached hydrogens (primary N) is 2. The maximum Gasteiger partial charge on any atom is 0.317 e. The number of amides is 3. The van der Waals surface area contributed by atoms with Gasteiger partial charge in [-0.15, -0.1) is 0 Å². The zero-order chi connectivity index (χ0) is 29.0. The third-order valence-corrected chi connectivity index (χ3v) is 8.58. The van der Waals surface area contributed by atoms with E-state index >= 15 is 0 Å². The number of carbonyl (C=O) groups excluding carboxylic acids is 2. The van der Waals surface area contributed by atoms with E-state index in [-0.39, 0.29) is 36.5 Å². The van der Waals surface area contributed by atoms with Gasteiger partial charge < -0.3 is 52.2 Å². The summed E-state index contributed by atoms with van der Waals surface area (Å²) in [6.07, 6.45) is 0.811. The molecule has 1 saturated heterocycles. The molecule has 5 rings (SSSR count). The number of nitrogens with zero attached hydrogens (tertiary/aromatic N) is 4. The number of carbonyl (C=O) groups is 2. The molecule has 0 aliphatic carbocycles. The number of aliphatic hydroxyl groups is 2. The first-order valence-electron chi connectivity index (χ1n) is 13.6. The zero-order valence-electron chi connectivity index (χ0n) is 23.3. The molecule has 0 saturated carbocycles. The standard InChI is InChI=1S/C26H39N9O5/c1-5-34(6-2)23(37)29-12-16-19-25(33-21(27)32-19)26(38,39)17(13-35(25)22(28)30-16)31-20(36)14-8-7-9-15-18(14)40-11-10-24(15,3)4/h7-9,16-17,19,38-39H,5-6,10-13H2,1-4H3,(H2,28,30)(H,29,37)(H,31,36)(H3,27,32,33)/t16-,17?,19-,25-/m0/s1. The van der Waals surface area contributed by atoms with Crippen LogP contribution in [0.1, 0.15) is 50.0 Å². The molecule has 0 aromatic heterocycles. The van der Waals surface area contributed by atoms with E-state index in [9.17, 15) is 19.8 Å². The number of urea groups is 1. The maximum atomic E-state index is 13.6. The molecule has 14 nitrogen and oxygen atoms in total. The Bertz CT molecular complexity index is 1260. The van der Waals surface area contributed by atoms with E-state index in [4.69, 9.17) is 16.2 Å². The SMILES string of the molecule is CCN(CC)C(=O)NC[C@@H]1N=C(N)N2CC(NC(=O)c3cccc4c3OCCC4(C)C)C(O)(O)[C@@]23NC(N)=N[C@@H]13. The fraction of sp³-hybridized carbons (Fsp3) is 0.615. The number of para-hydroxylation sites is 1. The molecule has 4 heterocycles. The van der Waals surface area contributed by atoms with Crippen LogP contribution >= 0.6 is 0 Å². The van der Waals surface area contributed by atoms with Crippen molar-refractivity contribution in [3.63, 3.8) is 0 Å². The smallest absolute Gasteiger partial charge is 0.317 e. The van der Waals surface area contributed by atoms with E-state index in [1.807, 2.05) is 19.9 Å². The monoisotopic (exact) mass is 557 g/mol. The summed E-state index contributed by atoms with van der Waals surface area (Å²) in [5.41, 5.74) is 11.7. The predicted molar refractivity (Wildman–Crippen MR) is 148 cm³/mol. The van der Waals surface area contributed by atoms with E-state index in [1.54, 1.807) is 17.0 Å². The Labute approximate surface area is 232 Å². The van der Waals surface area contributed by atoms with Gasteiger partial charge in [0.05, 0.1) is 18.2 Å². The minimum Gasteiger partial charge on any atom is -0.492 e. The average Bonchev–Trinajstić information content (AvgIpc) is 3.37. The summed E-state index contributed by atoms with van der Waals surface area (Å²) in [5.74, 6) is -2.66. The van der Waals surface area contributed by atoms with Gasteiger partial charge in [-0.3, -0.25) is 4.79 Å². The Morgan fingerprint density at radius 1 is 1.23 bits per heavy atom. The second-order valence-electron chi connectivity index (χ2n) is 11.3. The number of benzene rings is 1. The molecule has 40 heavy (non-hydrogen) atoms. The third kappa shape index (κ3) is 4.08. The van der Waals surface area contributed by atoms with Crippen LogP contribution in [-0.2, 0) is 5.41 Å². The van der Waals surface area contributed by atoms with Gasteiger partial charge in [-0.1, -0.05) is 26.0 Å². The highest BCUT2D eigenvalue weighted by Gasteiger charge is 2.73. The summed E-state index contributed by atoms with van der Waals surface area (Å²) in [5, 5.41) is 31.9. The summed E-state index contributed by atoms with van der Waals surface area (Å²) >= 11 is 0. The van der Waals surface area contributed by atoms with Crippen LogP contribution in [0.25, 0.3) is 0 Å². The molecule has 0 bridgehead atoms. The van der Waals surface area contributed by atoms with Gasteiger partial charge in [-0.05, 0) is 31.7 Å². The van der Waals surface area contributed by atoms with Gasteiger partial charge >= 0.3 is 6.03 Å². The molecular formula is C26H39N9O5. The molecule has 1 aromatic carbocycles. The first-order valence-corrected chi connectivity index (χ1v) is 13.6. The highest BCUT2D eigenvalue weighted by Crippen LogP contribution is 2.45. The van der Waals surface area contributed by atoms with Crippen molar-refractivity contribution in [1.29, 1.82) is 0 Å². The van der Waals surface area contributed by atoms with Crippen LogP contribution in [0.15, 0.2) is 28.2 Å². The van der Waals surface area contributed by atoms with Crippen molar-refractivity contribution in [2.75, 3.05) is 32.8 Å². The number of fused-ring (bicyclic) bond motifs is 1. The molecule has 3 amide bonds. The van der Waals surface area contributed by atoms with Crippen LogP contribution < -0.4 is 32.2 Å². The van der Waals surface area contributed by atoms with Crippen LogP contribution in [0.3, 0.4) is 0 Å². The van der Waals surface area contributed by atoms with E-state index in [0.717, 1.165) is 12.0 Å². The van der Waals surface area contributed by atoms with Gasteiger partial charge in [-0.25, -0.2) is 14.8 Å². The van der Waals surface area contributed by atoms with Crippen molar-refractivity contribution in [3.05, 3.63) is 29.3 Å². The third-order valence-electron chi connectivity index (χ3n) is 8.58. The van der Waals surface area contributed by atoms with Crippen molar-refractivity contribution in [2.24, 2.45) is 21.5 Å². The lowest BCUT2D eigenvalue weighted by Gasteiger charge is -2.49. The highest BCUT2D eigenvalue weighted by molar-refractivity contribution is 5.98. The first kappa shape index (κ1) is 27.8. The van der Waals surface area contributed by atoms with Gasteiger partial charge in [-0.2, -0.15) is 0 Å². The molecule has 1 aromatic rings. The normalized spacial score (nSPS) is 29.1. The summed E-state index contributed by atoms with van der Waals surface area (Å²) in [7, 11) is 0. The van der Waals surface area contributed by atoms with Crippen LogP contribution in [0.2, 0.25) is 0 Å². The molecule has 4 aliphatic heterocycles. The fourth-order valence-corrected chi connectivity index (χ4v) is 6.25. The number of rotatable bonds is 6. The summed E-state index contributed by atoms with van der Waals surface area (Å²) < 4.78 is 5.89. The lowest BCUT2D eigenvalue weighted by Crippen LogP contribution is -2.78. The summed E-state index contributed by atoms with van der Waals surface area (Å²) in [6.45, 7) is 9.40. The molecule has 1 spiro atoms. The minimum absolute atomic E-state index is 0.00198. The largest absolute Gasteiger partial charge is 0.492 e. The number of ether oxygens (including phenoxy) is 1. The number of guanidine groups is 2. The van der Waals surface area contributed by atoms with E-state index in [0.29, 0.717) is 31.0 Å². The maximum absolute atomic E-state index is 13.6. The van der Waals surface area contributed by atoms with Gasteiger partial charge in [0.1, 0.15) is 17.8 Å². The minimum atomic E-state index is -2.59. The molecule has 14 heteroatoms. The van der Waals surface area contributed by atoms with Crippen molar-refractivity contribution in [1.82, 2.24) is 25.8 Å². The Balaban J connectivity index is 1.42. The lowest BCUT2D eigenvalue weighted by molar-refractivity contribution is -0.230. The van der Waals surface area contributed by atoms with E-state index in [2.05, 4.69) is 39.8 Å². The van der Waals surface area contributed by atoms with Crippen LogP contribution in [0, 0.1) is 0 Å². The van der Waals surface area contributed by atoms with Crippen molar-refractivity contribution < 1.29 is 24.5 Å². The number of hydrogen-bond donors (Lipinski definition) is 7. The average molecular weight is 558 g/mol. The molecule has 218 valence electrons. The summed E-state index contributed by atoms with van der Waals surface area (Å²) in [4.78, 5) is 38.2. The molecular weight excluding hydrogens is 518 g/mol. The zero-order valence-corrected chi connectivity index (χ0v) is 23.3. The Kier molecular flexibility index (Phi) is 6.73. The Morgan fingerprint density at radius 3 is 2.65 bits per heavy atom. The van der Waals surface area contributed by atoms with Gasteiger partial charge in [0.25, 0.3) is 5.91 Å². The molecule has 4 atom stereocenters. The number of aliphatic imine (C=N–C) groups is 2. The van der Waals surface area contributed by atoms with E-state index in [1.165, 1.54) is 4.90 Å². The Hall–Kier alpha value is -3.78. The van der Waals surface area contributed by atoms with Crippen molar-refractivity contribution >= 4 is 23.9 Å². The molecule has 9 N–H and O–H groups in total. The quantitative estimate of drug-likeness (QED) is 0.205. The van der Waals surface area contributed by atoms with Crippen LogP contribution in [-0.4, -0.2) is 106 Å². The predicted octanol–water partition coefficient (Wildman–Crippen LogP) is -1.43. The molecule has 4 aliphatic rings. The second-order valence-corrected chi connectivity index (χ2v) is 11.3. The molecule has 1 fully saturated rings. The van der Waals surface area contributed by atoms with Gasteiger partial charge in [0.2, 0.25) is 5.79 Å². The highest BCUT2D eigenvalue weighted by atomic mass is 16.5. The number of nitrogens with one attached hydrogen (secondary N) is 3. The van der Waals surface area contributed by atoms with Crippen LogP contribution in [0.5, 0.6) is 5.75 Å².